The number of aryl methyl sites for hydroxylation is 4. The predicted octanol–water partition coefficient (Wildman–Crippen LogP) is 2.90. The second-order valence-electron chi connectivity index (χ2n) is 5.56. The van der Waals surface area contributed by atoms with Gasteiger partial charge in [0.05, 0.1) is 6.20 Å². The standard InChI is InChI=1S/C16H24N4/c1-10-7-11(2)19-13(4)16(10)12(3)17-8-15-9-18-20(6)14(15)5/h7,9,12,17H,8H2,1-6H3. The first-order valence-electron chi connectivity index (χ1n) is 7.05. The number of aromatic nitrogens is 3. The summed E-state index contributed by atoms with van der Waals surface area (Å²) in [6.45, 7) is 11.4. The molecule has 4 heteroatoms. The Hall–Kier alpha value is -1.68. The van der Waals surface area contributed by atoms with Crippen LogP contribution >= 0.6 is 0 Å². The maximum atomic E-state index is 4.58. The number of pyridine rings is 1. The average molecular weight is 272 g/mol. The normalized spacial score (nSPS) is 12.7. The Labute approximate surface area is 121 Å². The minimum atomic E-state index is 0.280. The number of hydrogen-bond acceptors (Lipinski definition) is 3. The van der Waals surface area contributed by atoms with Gasteiger partial charge in [-0.2, -0.15) is 5.10 Å². The van der Waals surface area contributed by atoms with Crippen molar-refractivity contribution in [3.05, 3.63) is 46.0 Å². The van der Waals surface area contributed by atoms with Crippen molar-refractivity contribution >= 4 is 0 Å². The van der Waals surface area contributed by atoms with Crippen molar-refractivity contribution in [2.24, 2.45) is 7.05 Å². The summed E-state index contributed by atoms with van der Waals surface area (Å²) in [6, 6.07) is 2.43. The Morgan fingerprint density at radius 2 is 1.95 bits per heavy atom. The van der Waals surface area contributed by atoms with E-state index in [1.807, 2.05) is 24.9 Å². The van der Waals surface area contributed by atoms with Crippen molar-refractivity contribution in [2.45, 2.75) is 47.2 Å². The topological polar surface area (TPSA) is 42.7 Å². The van der Waals surface area contributed by atoms with Crippen LogP contribution in [0, 0.1) is 27.7 Å². The summed E-state index contributed by atoms with van der Waals surface area (Å²) in [5.74, 6) is 0. The van der Waals surface area contributed by atoms with Gasteiger partial charge in [-0.25, -0.2) is 0 Å². The summed E-state index contributed by atoms with van der Waals surface area (Å²) in [6.07, 6.45) is 1.93. The third-order valence-electron chi connectivity index (χ3n) is 3.95. The molecular formula is C16H24N4. The molecule has 0 spiro atoms. The Bertz CT molecular complexity index is 590. The lowest BCUT2D eigenvalue weighted by Gasteiger charge is -2.19. The first kappa shape index (κ1) is 14.7. The molecule has 4 nitrogen and oxygen atoms in total. The SMILES string of the molecule is Cc1cc(C)c(C(C)NCc2cnn(C)c2C)c(C)n1. The van der Waals surface area contributed by atoms with Gasteiger partial charge >= 0.3 is 0 Å². The van der Waals surface area contributed by atoms with Crippen LogP contribution in [0.3, 0.4) is 0 Å². The van der Waals surface area contributed by atoms with Crippen LogP contribution < -0.4 is 5.32 Å². The molecule has 108 valence electrons. The van der Waals surface area contributed by atoms with Crippen molar-refractivity contribution in [2.75, 3.05) is 0 Å². The van der Waals surface area contributed by atoms with Gasteiger partial charge in [-0.1, -0.05) is 0 Å². The van der Waals surface area contributed by atoms with Crippen LogP contribution in [0.5, 0.6) is 0 Å². The van der Waals surface area contributed by atoms with E-state index < -0.39 is 0 Å². The fraction of sp³-hybridized carbons (Fsp3) is 0.500. The molecule has 0 aliphatic heterocycles. The van der Waals surface area contributed by atoms with Crippen LogP contribution in [-0.2, 0) is 13.6 Å². The molecule has 2 heterocycles. The van der Waals surface area contributed by atoms with Gasteiger partial charge in [0.15, 0.2) is 0 Å². The van der Waals surface area contributed by atoms with E-state index in [2.05, 4.69) is 49.2 Å². The lowest BCUT2D eigenvalue weighted by atomic mass is 10.0. The molecule has 20 heavy (non-hydrogen) atoms. The summed E-state index contributed by atoms with van der Waals surface area (Å²) in [7, 11) is 1.97. The summed E-state index contributed by atoms with van der Waals surface area (Å²) in [4.78, 5) is 4.58. The van der Waals surface area contributed by atoms with E-state index in [4.69, 9.17) is 0 Å². The molecule has 2 rings (SSSR count). The maximum Gasteiger partial charge on any atom is 0.0537 e. The summed E-state index contributed by atoms with van der Waals surface area (Å²) >= 11 is 0. The Morgan fingerprint density at radius 1 is 1.25 bits per heavy atom. The monoisotopic (exact) mass is 272 g/mol. The van der Waals surface area contributed by atoms with E-state index in [-0.39, 0.29) is 6.04 Å². The molecule has 2 aromatic heterocycles. The largest absolute Gasteiger partial charge is 0.306 e. The van der Waals surface area contributed by atoms with E-state index >= 15 is 0 Å². The van der Waals surface area contributed by atoms with Crippen molar-refractivity contribution < 1.29 is 0 Å². The minimum Gasteiger partial charge on any atom is -0.306 e. The van der Waals surface area contributed by atoms with Gasteiger partial charge in [-0.05, 0) is 51.8 Å². The van der Waals surface area contributed by atoms with E-state index in [0.29, 0.717) is 0 Å². The van der Waals surface area contributed by atoms with Crippen LogP contribution in [0.1, 0.15) is 46.7 Å². The second kappa shape index (κ2) is 5.75. The Morgan fingerprint density at radius 3 is 2.50 bits per heavy atom. The molecule has 2 aromatic rings. The second-order valence-corrected chi connectivity index (χ2v) is 5.56. The summed E-state index contributed by atoms with van der Waals surface area (Å²) in [5.41, 5.74) is 7.26. The highest BCUT2D eigenvalue weighted by atomic mass is 15.3. The fourth-order valence-corrected chi connectivity index (χ4v) is 2.77. The minimum absolute atomic E-state index is 0.280. The van der Waals surface area contributed by atoms with E-state index in [9.17, 15) is 0 Å². The molecule has 1 atom stereocenters. The van der Waals surface area contributed by atoms with Crippen molar-refractivity contribution in [3.63, 3.8) is 0 Å². The smallest absolute Gasteiger partial charge is 0.0537 e. The average Bonchev–Trinajstić information content (AvgIpc) is 2.66. The van der Waals surface area contributed by atoms with Crippen molar-refractivity contribution in [1.82, 2.24) is 20.1 Å². The molecule has 0 aromatic carbocycles. The maximum absolute atomic E-state index is 4.58. The molecule has 0 aliphatic rings. The van der Waals surface area contributed by atoms with Gasteiger partial charge in [-0.15, -0.1) is 0 Å². The van der Waals surface area contributed by atoms with E-state index in [1.54, 1.807) is 0 Å². The summed E-state index contributed by atoms with van der Waals surface area (Å²) < 4.78 is 1.91. The number of rotatable bonds is 4. The molecule has 0 saturated heterocycles. The highest BCUT2D eigenvalue weighted by Gasteiger charge is 2.13. The number of nitrogens with zero attached hydrogens (tertiary/aromatic N) is 3. The molecule has 0 aliphatic carbocycles. The third-order valence-corrected chi connectivity index (χ3v) is 3.95. The van der Waals surface area contributed by atoms with Crippen LogP contribution in [-0.4, -0.2) is 14.8 Å². The lowest BCUT2D eigenvalue weighted by molar-refractivity contribution is 0.565. The zero-order valence-corrected chi connectivity index (χ0v) is 13.3. The lowest BCUT2D eigenvalue weighted by Crippen LogP contribution is -2.20. The van der Waals surface area contributed by atoms with Crippen LogP contribution in [0.15, 0.2) is 12.3 Å². The zero-order chi connectivity index (χ0) is 14.9. The zero-order valence-electron chi connectivity index (χ0n) is 13.3. The van der Waals surface area contributed by atoms with E-state index in [1.165, 1.54) is 22.4 Å². The molecule has 0 bridgehead atoms. The fourth-order valence-electron chi connectivity index (χ4n) is 2.77. The number of hydrogen-bond donors (Lipinski definition) is 1. The molecular weight excluding hydrogens is 248 g/mol. The van der Waals surface area contributed by atoms with Crippen LogP contribution in [0.2, 0.25) is 0 Å². The molecule has 0 radical (unpaired) electrons. The van der Waals surface area contributed by atoms with Gasteiger partial charge < -0.3 is 5.32 Å². The van der Waals surface area contributed by atoms with Gasteiger partial charge in [0.1, 0.15) is 0 Å². The first-order valence-corrected chi connectivity index (χ1v) is 7.05. The Kier molecular flexibility index (Phi) is 4.23. The van der Waals surface area contributed by atoms with Gasteiger partial charge in [0.25, 0.3) is 0 Å². The first-order chi connectivity index (χ1) is 9.40. The van der Waals surface area contributed by atoms with Crippen LogP contribution in [0.25, 0.3) is 0 Å². The summed E-state index contributed by atoms with van der Waals surface area (Å²) in [5, 5.41) is 7.86. The van der Waals surface area contributed by atoms with Crippen LogP contribution in [0.4, 0.5) is 0 Å². The highest BCUT2D eigenvalue weighted by Crippen LogP contribution is 2.21. The molecule has 1 unspecified atom stereocenters. The molecule has 1 N–H and O–H groups in total. The van der Waals surface area contributed by atoms with Crippen molar-refractivity contribution in [3.8, 4) is 0 Å². The van der Waals surface area contributed by atoms with Gasteiger partial charge in [-0.3, -0.25) is 9.67 Å². The Balaban J connectivity index is 2.13. The quantitative estimate of drug-likeness (QED) is 0.930. The molecule has 0 saturated carbocycles. The molecule has 0 amide bonds. The van der Waals surface area contributed by atoms with E-state index in [0.717, 1.165) is 17.9 Å². The highest BCUT2D eigenvalue weighted by molar-refractivity contribution is 5.33. The predicted molar refractivity (Wildman–Crippen MR) is 81.6 cm³/mol. The molecule has 0 fully saturated rings. The van der Waals surface area contributed by atoms with Gasteiger partial charge in [0.2, 0.25) is 0 Å². The third kappa shape index (κ3) is 2.90. The number of nitrogens with one attached hydrogen (secondary N) is 1. The van der Waals surface area contributed by atoms with Crippen molar-refractivity contribution in [1.29, 1.82) is 0 Å². The van der Waals surface area contributed by atoms with Gasteiger partial charge in [0, 0.05) is 42.3 Å².